The minimum atomic E-state index is 0.740. The summed E-state index contributed by atoms with van der Waals surface area (Å²) in [5.74, 6) is 0. The van der Waals surface area contributed by atoms with E-state index in [9.17, 15) is 0 Å². The molecule has 0 bridgehead atoms. The lowest BCUT2D eigenvalue weighted by Gasteiger charge is -2.05. The Labute approximate surface area is 93.4 Å². The molecule has 0 radical (unpaired) electrons. The fourth-order valence-electron chi connectivity index (χ4n) is 2.05. The van der Waals surface area contributed by atoms with Crippen molar-refractivity contribution >= 4 is 22.7 Å². The molecule has 78 valence electrons. The van der Waals surface area contributed by atoms with E-state index in [2.05, 4.69) is 40.8 Å². The van der Waals surface area contributed by atoms with Crippen LogP contribution in [0, 0.1) is 0 Å². The standard InChI is InChI=1S/C12H14N2S/c1-2-4-11-10(3-1)12(8-14-11)15-9-5-6-13-7-9/h1-4,8-9,13-14H,5-7H2/t9-/m0/s1. The number of aromatic nitrogens is 1. The summed E-state index contributed by atoms with van der Waals surface area (Å²) < 4.78 is 0. The Morgan fingerprint density at radius 2 is 2.20 bits per heavy atom. The fourth-order valence-corrected chi connectivity index (χ4v) is 3.28. The zero-order valence-electron chi connectivity index (χ0n) is 8.49. The van der Waals surface area contributed by atoms with Crippen LogP contribution in [0.4, 0.5) is 0 Å². The van der Waals surface area contributed by atoms with Crippen LogP contribution in [0.25, 0.3) is 10.9 Å². The van der Waals surface area contributed by atoms with Gasteiger partial charge in [0.1, 0.15) is 0 Å². The molecule has 2 aromatic rings. The molecular weight excluding hydrogens is 204 g/mol. The van der Waals surface area contributed by atoms with E-state index in [1.807, 2.05) is 11.8 Å². The molecule has 2 N–H and O–H groups in total. The van der Waals surface area contributed by atoms with Crippen molar-refractivity contribution in [3.63, 3.8) is 0 Å². The predicted molar refractivity (Wildman–Crippen MR) is 65.4 cm³/mol. The first-order valence-electron chi connectivity index (χ1n) is 5.37. The second kappa shape index (κ2) is 3.91. The minimum Gasteiger partial charge on any atom is -0.360 e. The Morgan fingerprint density at radius 1 is 1.27 bits per heavy atom. The summed E-state index contributed by atoms with van der Waals surface area (Å²) in [6, 6.07) is 8.50. The second-order valence-corrected chi connectivity index (χ2v) is 5.27. The SMILES string of the molecule is c1ccc2c(S[C@H]3CCNC3)c[nH]c2c1. The zero-order chi connectivity index (χ0) is 10.1. The van der Waals surface area contributed by atoms with Crippen LogP contribution < -0.4 is 5.32 Å². The van der Waals surface area contributed by atoms with Gasteiger partial charge in [0.05, 0.1) is 0 Å². The normalized spacial score (nSPS) is 21.2. The number of nitrogens with one attached hydrogen (secondary N) is 2. The van der Waals surface area contributed by atoms with Gasteiger partial charge in [-0.05, 0) is 19.0 Å². The largest absolute Gasteiger partial charge is 0.360 e. The van der Waals surface area contributed by atoms with Crippen LogP contribution in [-0.2, 0) is 0 Å². The number of H-pyrrole nitrogens is 1. The Morgan fingerprint density at radius 3 is 3.07 bits per heavy atom. The van der Waals surface area contributed by atoms with Crippen LogP contribution in [-0.4, -0.2) is 23.3 Å². The highest BCUT2D eigenvalue weighted by Crippen LogP contribution is 2.32. The molecule has 0 unspecified atom stereocenters. The number of para-hydroxylation sites is 1. The van der Waals surface area contributed by atoms with Crippen molar-refractivity contribution in [2.45, 2.75) is 16.6 Å². The molecule has 3 rings (SSSR count). The zero-order valence-corrected chi connectivity index (χ0v) is 9.31. The van der Waals surface area contributed by atoms with Crippen molar-refractivity contribution < 1.29 is 0 Å². The molecule has 1 atom stereocenters. The van der Waals surface area contributed by atoms with Gasteiger partial charge in [0.25, 0.3) is 0 Å². The van der Waals surface area contributed by atoms with Crippen LogP contribution in [0.1, 0.15) is 6.42 Å². The summed E-state index contributed by atoms with van der Waals surface area (Å²) in [6.45, 7) is 2.31. The molecule has 15 heavy (non-hydrogen) atoms. The van der Waals surface area contributed by atoms with Crippen LogP contribution in [0.5, 0.6) is 0 Å². The summed E-state index contributed by atoms with van der Waals surface area (Å²) in [4.78, 5) is 4.71. The number of hydrogen-bond acceptors (Lipinski definition) is 2. The highest BCUT2D eigenvalue weighted by molar-refractivity contribution is 8.00. The quantitative estimate of drug-likeness (QED) is 0.811. The van der Waals surface area contributed by atoms with Crippen molar-refractivity contribution in [3.05, 3.63) is 30.5 Å². The molecule has 0 aliphatic carbocycles. The van der Waals surface area contributed by atoms with Crippen molar-refractivity contribution in [1.82, 2.24) is 10.3 Å². The van der Waals surface area contributed by atoms with E-state index in [-0.39, 0.29) is 0 Å². The summed E-state index contributed by atoms with van der Waals surface area (Å²) in [7, 11) is 0. The monoisotopic (exact) mass is 218 g/mol. The molecule has 2 nitrogen and oxygen atoms in total. The summed E-state index contributed by atoms with van der Waals surface area (Å²) in [5, 5.41) is 5.50. The molecule has 1 aliphatic heterocycles. The Balaban J connectivity index is 1.90. The van der Waals surface area contributed by atoms with Crippen molar-refractivity contribution in [2.24, 2.45) is 0 Å². The maximum absolute atomic E-state index is 3.40. The Hall–Kier alpha value is -0.930. The van der Waals surface area contributed by atoms with Gasteiger partial charge >= 0.3 is 0 Å². The third-order valence-electron chi connectivity index (χ3n) is 2.86. The smallest absolute Gasteiger partial charge is 0.0465 e. The van der Waals surface area contributed by atoms with E-state index in [4.69, 9.17) is 0 Å². The molecule has 1 aliphatic rings. The molecule has 0 spiro atoms. The van der Waals surface area contributed by atoms with Gasteiger partial charge in [-0.3, -0.25) is 0 Å². The molecule has 1 saturated heterocycles. The van der Waals surface area contributed by atoms with E-state index in [0.717, 1.165) is 11.8 Å². The number of hydrogen-bond donors (Lipinski definition) is 2. The average Bonchev–Trinajstić information content (AvgIpc) is 2.89. The molecule has 0 amide bonds. The number of fused-ring (bicyclic) bond motifs is 1. The third kappa shape index (κ3) is 1.77. The second-order valence-electron chi connectivity index (χ2n) is 3.93. The number of thioether (sulfide) groups is 1. The van der Waals surface area contributed by atoms with Crippen LogP contribution in [0.15, 0.2) is 35.4 Å². The highest BCUT2D eigenvalue weighted by atomic mass is 32.2. The molecule has 2 heterocycles. The van der Waals surface area contributed by atoms with Gasteiger partial charge in [0, 0.05) is 33.8 Å². The van der Waals surface area contributed by atoms with Gasteiger partial charge in [-0.2, -0.15) is 0 Å². The van der Waals surface area contributed by atoms with E-state index in [1.54, 1.807) is 0 Å². The van der Waals surface area contributed by atoms with Crippen LogP contribution in [0.3, 0.4) is 0 Å². The van der Waals surface area contributed by atoms with Gasteiger partial charge in [0.2, 0.25) is 0 Å². The summed E-state index contributed by atoms with van der Waals surface area (Å²) in [6.07, 6.45) is 3.41. The minimum absolute atomic E-state index is 0.740. The van der Waals surface area contributed by atoms with Crippen LogP contribution >= 0.6 is 11.8 Å². The first-order valence-corrected chi connectivity index (χ1v) is 6.25. The van der Waals surface area contributed by atoms with Gasteiger partial charge < -0.3 is 10.3 Å². The third-order valence-corrected chi connectivity index (χ3v) is 4.19. The lowest BCUT2D eigenvalue weighted by Crippen LogP contribution is -2.09. The number of rotatable bonds is 2. The molecule has 3 heteroatoms. The van der Waals surface area contributed by atoms with Gasteiger partial charge in [0.15, 0.2) is 0 Å². The topological polar surface area (TPSA) is 27.8 Å². The average molecular weight is 218 g/mol. The predicted octanol–water partition coefficient (Wildman–Crippen LogP) is 2.62. The van der Waals surface area contributed by atoms with E-state index >= 15 is 0 Å². The van der Waals surface area contributed by atoms with Crippen molar-refractivity contribution in [1.29, 1.82) is 0 Å². The molecular formula is C12H14N2S. The molecule has 1 aromatic heterocycles. The van der Waals surface area contributed by atoms with E-state index < -0.39 is 0 Å². The lowest BCUT2D eigenvalue weighted by atomic mass is 10.2. The fraction of sp³-hybridized carbons (Fsp3) is 0.333. The number of benzene rings is 1. The lowest BCUT2D eigenvalue weighted by molar-refractivity contribution is 0.858. The molecule has 0 saturated carbocycles. The summed E-state index contributed by atoms with van der Waals surface area (Å²) in [5.41, 5.74) is 1.24. The molecule has 1 aromatic carbocycles. The first kappa shape index (κ1) is 9.31. The summed E-state index contributed by atoms with van der Waals surface area (Å²) >= 11 is 1.99. The van der Waals surface area contributed by atoms with Crippen molar-refractivity contribution in [3.8, 4) is 0 Å². The van der Waals surface area contributed by atoms with Gasteiger partial charge in [-0.15, -0.1) is 11.8 Å². The number of aromatic amines is 1. The highest BCUT2D eigenvalue weighted by Gasteiger charge is 2.16. The van der Waals surface area contributed by atoms with Gasteiger partial charge in [-0.25, -0.2) is 0 Å². The van der Waals surface area contributed by atoms with E-state index in [0.29, 0.717) is 0 Å². The van der Waals surface area contributed by atoms with E-state index in [1.165, 1.54) is 28.8 Å². The Bertz CT molecular complexity index is 457. The van der Waals surface area contributed by atoms with Crippen molar-refractivity contribution in [2.75, 3.05) is 13.1 Å². The maximum Gasteiger partial charge on any atom is 0.0465 e. The first-order chi connectivity index (χ1) is 7.43. The maximum atomic E-state index is 3.40. The Kier molecular flexibility index (Phi) is 2.43. The van der Waals surface area contributed by atoms with Crippen LogP contribution in [0.2, 0.25) is 0 Å². The van der Waals surface area contributed by atoms with Gasteiger partial charge in [-0.1, -0.05) is 18.2 Å². The molecule has 1 fully saturated rings.